The predicted molar refractivity (Wildman–Crippen MR) is 54.1 cm³/mol. The lowest BCUT2D eigenvalue weighted by atomic mass is 9.71. The zero-order valence-corrected chi connectivity index (χ0v) is 8.77. The van der Waals surface area contributed by atoms with Crippen LogP contribution in [0.15, 0.2) is 0 Å². The van der Waals surface area contributed by atoms with E-state index in [1.54, 1.807) is 0 Å². The lowest BCUT2D eigenvalue weighted by molar-refractivity contribution is -0.142. The third-order valence-corrected chi connectivity index (χ3v) is 3.01. The van der Waals surface area contributed by atoms with Crippen LogP contribution in [0.3, 0.4) is 0 Å². The normalized spacial score (nSPS) is 22.9. The molecule has 3 N–H and O–H groups in total. The van der Waals surface area contributed by atoms with Crippen LogP contribution in [-0.2, 0) is 4.79 Å². The summed E-state index contributed by atoms with van der Waals surface area (Å²) in [7, 11) is 0. The molecule has 0 aromatic heterocycles. The minimum absolute atomic E-state index is 0. The van der Waals surface area contributed by atoms with Gasteiger partial charge in [-0.25, -0.2) is 0 Å². The van der Waals surface area contributed by atoms with Crippen LogP contribution >= 0.6 is 12.4 Å². The Balaban J connectivity index is 0.00000144. The number of halogens is 1. The smallest absolute Gasteiger partial charge is 0.321 e. The van der Waals surface area contributed by atoms with E-state index in [4.69, 9.17) is 10.8 Å². The number of hydrogen-bond donors (Lipinski definition) is 2. The molecule has 1 saturated carbocycles. The van der Waals surface area contributed by atoms with E-state index in [-0.39, 0.29) is 17.8 Å². The molecule has 78 valence electrons. The van der Waals surface area contributed by atoms with Crippen LogP contribution in [0.1, 0.15) is 39.0 Å². The molecule has 0 bridgehead atoms. The van der Waals surface area contributed by atoms with Crippen LogP contribution in [0.5, 0.6) is 0 Å². The van der Waals surface area contributed by atoms with Crippen LogP contribution in [0, 0.1) is 5.41 Å². The fourth-order valence-corrected chi connectivity index (χ4v) is 1.97. The van der Waals surface area contributed by atoms with Crippen LogP contribution < -0.4 is 5.73 Å². The van der Waals surface area contributed by atoms with Gasteiger partial charge in [-0.15, -0.1) is 12.4 Å². The maximum atomic E-state index is 10.7. The summed E-state index contributed by atoms with van der Waals surface area (Å²) in [4.78, 5) is 10.7. The molecule has 0 aliphatic heterocycles. The lowest BCUT2D eigenvalue weighted by Crippen LogP contribution is -2.46. The molecule has 4 heteroatoms. The van der Waals surface area contributed by atoms with Crippen LogP contribution in [-0.4, -0.2) is 17.1 Å². The van der Waals surface area contributed by atoms with Gasteiger partial charge < -0.3 is 10.8 Å². The standard InChI is InChI=1S/C9H17NO2.ClH/c1-9(7(10)8(11)12)5-3-2-4-6-9;/h7H,2-6,10H2,1H3,(H,11,12);1H/t7-;/m1./s1. The van der Waals surface area contributed by atoms with E-state index in [9.17, 15) is 4.79 Å². The molecule has 0 spiro atoms. The van der Waals surface area contributed by atoms with Crippen molar-refractivity contribution in [3.63, 3.8) is 0 Å². The van der Waals surface area contributed by atoms with E-state index in [1.807, 2.05) is 6.92 Å². The third-order valence-electron chi connectivity index (χ3n) is 3.01. The van der Waals surface area contributed by atoms with E-state index in [0.717, 1.165) is 25.7 Å². The number of aliphatic carboxylic acids is 1. The summed E-state index contributed by atoms with van der Waals surface area (Å²) in [5.41, 5.74) is 5.46. The Hall–Kier alpha value is -0.280. The van der Waals surface area contributed by atoms with E-state index in [0.29, 0.717) is 0 Å². The van der Waals surface area contributed by atoms with Gasteiger partial charge in [0.05, 0.1) is 0 Å². The highest BCUT2D eigenvalue weighted by molar-refractivity contribution is 5.85. The predicted octanol–water partition coefficient (Wildman–Crippen LogP) is 1.79. The van der Waals surface area contributed by atoms with Gasteiger partial charge in [0.15, 0.2) is 0 Å². The molecule has 1 aliphatic rings. The van der Waals surface area contributed by atoms with Gasteiger partial charge >= 0.3 is 5.97 Å². The second-order valence-electron chi connectivity index (χ2n) is 4.03. The first-order valence-electron chi connectivity index (χ1n) is 4.55. The van der Waals surface area contributed by atoms with Crippen molar-refractivity contribution in [2.75, 3.05) is 0 Å². The molecule has 0 aromatic carbocycles. The first-order valence-corrected chi connectivity index (χ1v) is 4.55. The number of carbonyl (C=O) groups is 1. The Kier molecular flexibility index (Phi) is 4.71. The van der Waals surface area contributed by atoms with Crippen molar-refractivity contribution in [3.05, 3.63) is 0 Å². The maximum absolute atomic E-state index is 10.7. The van der Waals surface area contributed by atoms with Gasteiger partial charge in [0.2, 0.25) is 0 Å². The number of carboxylic acids is 1. The number of nitrogens with two attached hydrogens (primary N) is 1. The van der Waals surface area contributed by atoms with E-state index < -0.39 is 12.0 Å². The molecule has 0 unspecified atom stereocenters. The van der Waals surface area contributed by atoms with E-state index in [1.165, 1.54) is 6.42 Å². The largest absolute Gasteiger partial charge is 0.480 e. The summed E-state index contributed by atoms with van der Waals surface area (Å²) in [5.74, 6) is -0.862. The van der Waals surface area contributed by atoms with Gasteiger partial charge in [-0.1, -0.05) is 26.2 Å². The zero-order chi connectivity index (χ0) is 9.19. The van der Waals surface area contributed by atoms with Crippen molar-refractivity contribution in [2.45, 2.75) is 45.1 Å². The van der Waals surface area contributed by atoms with Crippen molar-refractivity contribution in [2.24, 2.45) is 11.1 Å². The molecule has 13 heavy (non-hydrogen) atoms. The summed E-state index contributed by atoms with van der Waals surface area (Å²) in [6.45, 7) is 1.99. The van der Waals surface area contributed by atoms with Crippen LogP contribution in [0.4, 0.5) is 0 Å². The Morgan fingerprint density at radius 2 is 1.85 bits per heavy atom. The van der Waals surface area contributed by atoms with Crippen molar-refractivity contribution in [1.82, 2.24) is 0 Å². The van der Waals surface area contributed by atoms with E-state index in [2.05, 4.69) is 0 Å². The molecule has 0 saturated heterocycles. The van der Waals surface area contributed by atoms with Gasteiger partial charge in [-0.3, -0.25) is 4.79 Å². The first kappa shape index (κ1) is 12.7. The summed E-state index contributed by atoms with van der Waals surface area (Å²) in [6, 6.07) is -0.683. The van der Waals surface area contributed by atoms with Crippen molar-refractivity contribution >= 4 is 18.4 Å². The second-order valence-corrected chi connectivity index (χ2v) is 4.03. The van der Waals surface area contributed by atoms with Crippen LogP contribution in [0.2, 0.25) is 0 Å². The maximum Gasteiger partial charge on any atom is 0.321 e. The highest BCUT2D eigenvalue weighted by atomic mass is 35.5. The van der Waals surface area contributed by atoms with Gasteiger partial charge in [0.1, 0.15) is 6.04 Å². The highest BCUT2D eigenvalue weighted by Gasteiger charge is 2.37. The summed E-state index contributed by atoms with van der Waals surface area (Å²) >= 11 is 0. The molecule has 0 radical (unpaired) electrons. The van der Waals surface area contributed by atoms with Gasteiger partial charge in [0, 0.05) is 0 Å². The van der Waals surface area contributed by atoms with Crippen LogP contribution in [0.25, 0.3) is 0 Å². The zero-order valence-electron chi connectivity index (χ0n) is 7.95. The Morgan fingerprint density at radius 1 is 1.38 bits per heavy atom. The molecular weight excluding hydrogens is 190 g/mol. The van der Waals surface area contributed by atoms with Gasteiger partial charge in [-0.05, 0) is 18.3 Å². The monoisotopic (exact) mass is 207 g/mol. The molecule has 0 aromatic rings. The highest BCUT2D eigenvalue weighted by Crippen LogP contribution is 2.37. The minimum atomic E-state index is -0.862. The summed E-state index contributed by atoms with van der Waals surface area (Å²) in [6.07, 6.45) is 5.39. The number of carboxylic acid groups (broad SMARTS) is 1. The molecule has 3 nitrogen and oxygen atoms in total. The summed E-state index contributed by atoms with van der Waals surface area (Å²) < 4.78 is 0. The Morgan fingerprint density at radius 3 is 2.23 bits per heavy atom. The fourth-order valence-electron chi connectivity index (χ4n) is 1.97. The summed E-state index contributed by atoms with van der Waals surface area (Å²) in [5, 5.41) is 8.77. The molecule has 1 rings (SSSR count). The molecule has 0 heterocycles. The fraction of sp³-hybridized carbons (Fsp3) is 0.889. The quantitative estimate of drug-likeness (QED) is 0.726. The Labute approximate surface area is 85.1 Å². The second kappa shape index (κ2) is 4.82. The molecular formula is C9H18ClNO2. The SMILES string of the molecule is CC1([C@H](N)C(=O)O)CCCCC1.Cl. The molecule has 1 aliphatic carbocycles. The Bertz CT molecular complexity index is 178. The lowest BCUT2D eigenvalue weighted by Gasteiger charge is -2.36. The third kappa shape index (κ3) is 2.85. The van der Waals surface area contributed by atoms with Crippen molar-refractivity contribution in [1.29, 1.82) is 0 Å². The first-order chi connectivity index (χ1) is 5.56. The molecule has 0 amide bonds. The average Bonchev–Trinajstić information content (AvgIpc) is 2.04. The van der Waals surface area contributed by atoms with Gasteiger partial charge in [0.25, 0.3) is 0 Å². The van der Waals surface area contributed by atoms with Crippen molar-refractivity contribution in [3.8, 4) is 0 Å². The average molecular weight is 208 g/mol. The molecule has 1 atom stereocenters. The topological polar surface area (TPSA) is 63.3 Å². The molecule has 1 fully saturated rings. The van der Waals surface area contributed by atoms with Crippen molar-refractivity contribution < 1.29 is 9.90 Å². The minimum Gasteiger partial charge on any atom is -0.480 e. The number of rotatable bonds is 2. The van der Waals surface area contributed by atoms with E-state index >= 15 is 0 Å². The number of hydrogen-bond acceptors (Lipinski definition) is 2. The van der Waals surface area contributed by atoms with Gasteiger partial charge in [-0.2, -0.15) is 0 Å².